The molecular formula is C8H18N2O2. The molecule has 4 heteroatoms. The Kier molecular flexibility index (Phi) is 5.66. The number of rotatable bonds is 5. The van der Waals surface area contributed by atoms with Gasteiger partial charge < -0.3 is 16.2 Å². The largest absolute Gasteiger partial charge is 0.396 e. The molecule has 0 aromatic carbocycles. The molecule has 0 saturated carbocycles. The number of hydrogen-bond donors (Lipinski definition) is 3. The number of aliphatic hydroxyl groups excluding tert-OH is 1. The number of nitrogens with one attached hydrogen (secondary N) is 1. The number of aliphatic hydroxyl groups is 1. The highest BCUT2D eigenvalue weighted by Crippen LogP contribution is 1.93. The Morgan fingerprint density at radius 1 is 1.58 bits per heavy atom. The molecule has 2 unspecified atom stereocenters. The lowest BCUT2D eigenvalue weighted by Crippen LogP contribution is -2.36. The molecule has 0 spiro atoms. The Morgan fingerprint density at radius 3 is 2.58 bits per heavy atom. The highest BCUT2D eigenvalue weighted by atomic mass is 16.3. The van der Waals surface area contributed by atoms with E-state index in [0.29, 0.717) is 13.1 Å². The molecule has 0 bridgehead atoms. The quantitative estimate of drug-likeness (QED) is 0.517. The average Bonchev–Trinajstić information content (AvgIpc) is 2.11. The molecule has 0 aromatic rings. The van der Waals surface area contributed by atoms with Crippen LogP contribution in [0, 0.1) is 11.8 Å². The Morgan fingerprint density at radius 2 is 2.17 bits per heavy atom. The maximum atomic E-state index is 11.1. The maximum Gasteiger partial charge on any atom is 0.224 e. The van der Waals surface area contributed by atoms with Crippen LogP contribution in [0.4, 0.5) is 0 Å². The van der Waals surface area contributed by atoms with Crippen molar-refractivity contribution < 1.29 is 9.90 Å². The van der Waals surface area contributed by atoms with E-state index in [4.69, 9.17) is 10.8 Å². The summed E-state index contributed by atoms with van der Waals surface area (Å²) < 4.78 is 0. The van der Waals surface area contributed by atoms with Gasteiger partial charge in [0.15, 0.2) is 0 Å². The SMILES string of the molecule is CC(CO)CNC(=O)C(C)CN. The lowest BCUT2D eigenvalue weighted by molar-refractivity contribution is -0.124. The molecule has 0 aliphatic heterocycles. The highest BCUT2D eigenvalue weighted by Gasteiger charge is 2.10. The summed E-state index contributed by atoms with van der Waals surface area (Å²) in [6.07, 6.45) is 0. The van der Waals surface area contributed by atoms with Crippen molar-refractivity contribution in [2.75, 3.05) is 19.7 Å². The summed E-state index contributed by atoms with van der Waals surface area (Å²) >= 11 is 0. The van der Waals surface area contributed by atoms with Gasteiger partial charge in [-0.1, -0.05) is 13.8 Å². The van der Waals surface area contributed by atoms with Crippen LogP contribution in [0.5, 0.6) is 0 Å². The third-order valence-electron chi connectivity index (χ3n) is 1.74. The van der Waals surface area contributed by atoms with Crippen molar-refractivity contribution >= 4 is 5.91 Å². The molecular weight excluding hydrogens is 156 g/mol. The lowest BCUT2D eigenvalue weighted by atomic mass is 10.1. The zero-order chi connectivity index (χ0) is 9.56. The molecule has 0 rings (SSSR count). The van der Waals surface area contributed by atoms with E-state index in [2.05, 4.69) is 5.32 Å². The average molecular weight is 174 g/mol. The molecule has 0 heterocycles. The van der Waals surface area contributed by atoms with Crippen molar-refractivity contribution in [3.63, 3.8) is 0 Å². The molecule has 4 N–H and O–H groups in total. The van der Waals surface area contributed by atoms with Crippen LogP contribution < -0.4 is 11.1 Å². The topological polar surface area (TPSA) is 75.3 Å². The van der Waals surface area contributed by atoms with Crippen LogP contribution in [-0.4, -0.2) is 30.7 Å². The first-order valence-corrected chi connectivity index (χ1v) is 4.20. The van der Waals surface area contributed by atoms with Crippen LogP contribution in [0.25, 0.3) is 0 Å². The standard InChI is InChI=1S/C8H18N2O2/c1-6(5-11)4-10-8(12)7(2)3-9/h6-7,11H,3-5,9H2,1-2H3,(H,10,12). The Labute approximate surface area is 73.1 Å². The summed E-state index contributed by atoms with van der Waals surface area (Å²) in [5.41, 5.74) is 5.30. The van der Waals surface area contributed by atoms with E-state index in [1.165, 1.54) is 0 Å². The monoisotopic (exact) mass is 174 g/mol. The normalized spacial score (nSPS) is 15.3. The summed E-state index contributed by atoms with van der Waals surface area (Å²) in [6, 6.07) is 0. The van der Waals surface area contributed by atoms with E-state index in [1.807, 2.05) is 6.92 Å². The lowest BCUT2D eigenvalue weighted by Gasteiger charge is -2.12. The third kappa shape index (κ3) is 4.31. The van der Waals surface area contributed by atoms with Crippen molar-refractivity contribution in [1.29, 1.82) is 0 Å². The second-order valence-electron chi connectivity index (χ2n) is 3.17. The van der Waals surface area contributed by atoms with Crippen molar-refractivity contribution in [2.45, 2.75) is 13.8 Å². The molecule has 0 aromatic heterocycles. The van der Waals surface area contributed by atoms with Crippen molar-refractivity contribution in [2.24, 2.45) is 17.6 Å². The molecule has 1 amide bonds. The fraction of sp³-hybridized carbons (Fsp3) is 0.875. The minimum Gasteiger partial charge on any atom is -0.396 e. The van der Waals surface area contributed by atoms with Gasteiger partial charge in [0.05, 0.1) is 0 Å². The molecule has 0 fully saturated rings. The van der Waals surface area contributed by atoms with E-state index in [9.17, 15) is 4.79 Å². The van der Waals surface area contributed by atoms with Gasteiger partial charge in [0.1, 0.15) is 0 Å². The summed E-state index contributed by atoms with van der Waals surface area (Å²) in [6.45, 7) is 4.61. The zero-order valence-electron chi connectivity index (χ0n) is 7.71. The fourth-order valence-corrected chi connectivity index (χ4v) is 0.621. The first-order valence-electron chi connectivity index (χ1n) is 4.20. The number of nitrogens with two attached hydrogens (primary N) is 1. The zero-order valence-corrected chi connectivity index (χ0v) is 7.71. The summed E-state index contributed by atoms with van der Waals surface area (Å²) in [5, 5.41) is 11.4. The summed E-state index contributed by atoms with van der Waals surface area (Å²) in [7, 11) is 0. The molecule has 2 atom stereocenters. The summed E-state index contributed by atoms with van der Waals surface area (Å²) in [5.74, 6) is -0.0763. The van der Waals surface area contributed by atoms with Crippen LogP contribution in [0.1, 0.15) is 13.8 Å². The molecule has 0 aliphatic rings. The predicted octanol–water partition coefficient (Wildman–Crippen LogP) is -0.674. The Bertz CT molecular complexity index is 139. The number of hydrogen-bond acceptors (Lipinski definition) is 3. The van der Waals surface area contributed by atoms with Crippen LogP contribution in [0.15, 0.2) is 0 Å². The van der Waals surface area contributed by atoms with E-state index < -0.39 is 0 Å². The van der Waals surface area contributed by atoms with Gasteiger partial charge in [0.2, 0.25) is 5.91 Å². The van der Waals surface area contributed by atoms with Crippen LogP contribution >= 0.6 is 0 Å². The minimum atomic E-state index is -0.143. The molecule has 12 heavy (non-hydrogen) atoms. The first-order chi connectivity index (χ1) is 5.61. The van der Waals surface area contributed by atoms with E-state index in [0.717, 1.165) is 0 Å². The van der Waals surface area contributed by atoms with Crippen LogP contribution in [0.2, 0.25) is 0 Å². The van der Waals surface area contributed by atoms with Gasteiger partial charge >= 0.3 is 0 Å². The van der Waals surface area contributed by atoms with E-state index in [-0.39, 0.29) is 24.3 Å². The van der Waals surface area contributed by atoms with Gasteiger partial charge in [-0.25, -0.2) is 0 Å². The second kappa shape index (κ2) is 5.97. The van der Waals surface area contributed by atoms with E-state index in [1.54, 1.807) is 6.92 Å². The van der Waals surface area contributed by atoms with Crippen molar-refractivity contribution in [3.8, 4) is 0 Å². The Balaban J connectivity index is 3.56. The third-order valence-corrected chi connectivity index (χ3v) is 1.74. The van der Waals surface area contributed by atoms with Gasteiger partial charge in [0.25, 0.3) is 0 Å². The minimum absolute atomic E-state index is 0.0437. The number of carbonyl (C=O) groups is 1. The molecule has 4 nitrogen and oxygen atoms in total. The molecule has 0 aliphatic carbocycles. The maximum absolute atomic E-state index is 11.1. The van der Waals surface area contributed by atoms with Crippen molar-refractivity contribution in [3.05, 3.63) is 0 Å². The smallest absolute Gasteiger partial charge is 0.224 e. The van der Waals surface area contributed by atoms with Gasteiger partial charge in [-0.3, -0.25) is 4.79 Å². The van der Waals surface area contributed by atoms with Gasteiger partial charge in [0, 0.05) is 25.6 Å². The van der Waals surface area contributed by atoms with Gasteiger partial charge in [-0.15, -0.1) is 0 Å². The first kappa shape index (κ1) is 11.4. The van der Waals surface area contributed by atoms with Crippen LogP contribution in [0.3, 0.4) is 0 Å². The number of carbonyl (C=O) groups excluding carboxylic acids is 1. The van der Waals surface area contributed by atoms with E-state index >= 15 is 0 Å². The second-order valence-corrected chi connectivity index (χ2v) is 3.17. The molecule has 0 saturated heterocycles. The van der Waals surface area contributed by atoms with Crippen LogP contribution in [-0.2, 0) is 4.79 Å². The summed E-state index contributed by atoms with van der Waals surface area (Å²) in [4.78, 5) is 11.1. The predicted molar refractivity (Wildman–Crippen MR) is 47.5 cm³/mol. The van der Waals surface area contributed by atoms with Crippen molar-refractivity contribution in [1.82, 2.24) is 5.32 Å². The number of amides is 1. The molecule has 72 valence electrons. The van der Waals surface area contributed by atoms with Gasteiger partial charge in [-0.05, 0) is 5.92 Å². The highest BCUT2D eigenvalue weighted by molar-refractivity contribution is 5.78. The fourth-order valence-electron chi connectivity index (χ4n) is 0.621. The Hall–Kier alpha value is -0.610. The molecule has 0 radical (unpaired) electrons. The van der Waals surface area contributed by atoms with Gasteiger partial charge in [-0.2, -0.15) is 0 Å².